The van der Waals surface area contributed by atoms with Gasteiger partial charge in [-0.25, -0.2) is 8.42 Å². The highest BCUT2D eigenvalue weighted by Crippen LogP contribution is 2.29. The SMILES string of the molecule is CC(C)c1ccccc1NC(=O)CCCN(c1ccc(Cl)c(Cl)c1)S(C)(=O)=O. The van der Waals surface area contributed by atoms with Crippen LogP contribution in [0, 0.1) is 0 Å². The van der Waals surface area contributed by atoms with E-state index in [1.54, 1.807) is 12.1 Å². The maximum Gasteiger partial charge on any atom is 0.232 e. The highest BCUT2D eigenvalue weighted by atomic mass is 35.5. The minimum absolute atomic E-state index is 0.157. The third-order valence-corrected chi connectivity index (χ3v) is 6.15. The largest absolute Gasteiger partial charge is 0.326 e. The molecule has 0 spiro atoms. The molecule has 0 unspecified atom stereocenters. The van der Waals surface area contributed by atoms with E-state index in [-0.39, 0.29) is 29.8 Å². The number of para-hydroxylation sites is 1. The van der Waals surface area contributed by atoms with Gasteiger partial charge in [-0.2, -0.15) is 0 Å². The molecule has 0 fully saturated rings. The molecule has 0 saturated carbocycles. The lowest BCUT2D eigenvalue weighted by Crippen LogP contribution is -2.31. The summed E-state index contributed by atoms with van der Waals surface area (Å²) in [5.74, 6) is 0.127. The van der Waals surface area contributed by atoms with Gasteiger partial charge in [0.25, 0.3) is 0 Å². The second-order valence-electron chi connectivity index (χ2n) is 6.83. The number of sulfonamides is 1. The van der Waals surface area contributed by atoms with Crippen LogP contribution in [0.15, 0.2) is 42.5 Å². The lowest BCUT2D eigenvalue weighted by molar-refractivity contribution is -0.116. The fourth-order valence-electron chi connectivity index (χ4n) is 2.84. The fraction of sp³-hybridized carbons (Fsp3) is 0.350. The topological polar surface area (TPSA) is 66.5 Å². The summed E-state index contributed by atoms with van der Waals surface area (Å²) in [6, 6.07) is 12.3. The van der Waals surface area contributed by atoms with Crippen molar-refractivity contribution >= 4 is 50.5 Å². The fourth-order valence-corrected chi connectivity index (χ4v) is 4.09. The summed E-state index contributed by atoms with van der Waals surface area (Å²) in [6.07, 6.45) is 1.68. The van der Waals surface area contributed by atoms with Crippen molar-refractivity contribution in [1.29, 1.82) is 0 Å². The van der Waals surface area contributed by atoms with Crippen LogP contribution >= 0.6 is 23.2 Å². The highest BCUT2D eigenvalue weighted by molar-refractivity contribution is 7.92. The molecule has 0 aromatic heterocycles. The summed E-state index contributed by atoms with van der Waals surface area (Å²) in [5, 5.41) is 3.54. The average Bonchev–Trinajstić information content (AvgIpc) is 2.60. The van der Waals surface area contributed by atoms with Gasteiger partial charge < -0.3 is 5.32 Å². The van der Waals surface area contributed by atoms with Crippen molar-refractivity contribution < 1.29 is 13.2 Å². The first-order chi connectivity index (χ1) is 13.1. The standard InChI is InChI=1S/C20H24Cl2N2O3S/c1-14(2)16-7-4-5-8-19(16)23-20(25)9-6-12-24(28(3,26)27)15-10-11-17(21)18(22)13-15/h4-5,7-8,10-11,13-14H,6,9,12H2,1-3H3,(H,23,25). The lowest BCUT2D eigenvalue weighted by atomic mass is 10.0. The van der Waals surface area contributed by atoms with Crippen molar-refractivity contribution in [1.82, 2.24) is 0 Å². The van der Waals surface area contributed by atoms with E-state index < -0.39 is 10.0 Å². The van der Waals surface area contributed by atoms with Crippen LogP contribution in [0.5, 0.6) is 0 Å². The van der Waals surface area contributed by atoms with Crippen LogP contribution in [-0.2, 0) is 14.8 Å². The zero-order valence-electron chi connectivity index (χ0n) is 16.1. The number of carbonyl (C=O) groups excluding carboxylic acids is 1. The smallest absolute Gasteiger partial charge is 0.232 e. The van der Waals surface area contributed by atoms with E-state index in [0.717, 1.165) is 17.5 Å². The Balaban J connectivity index is 2.03. The number of anilines is 2. The van der Waals surface area contributed by atoms with Gasteiger partial charge >= 0.3 is 0 Å². The van der Waals surface area contributed by atoms with Crippen LogP contribution in [0.3, 0.4) is 0 Å². The Morgan fingerprint density at radius 3 is 2.39 bits per heavy atom. The molecule has 0 atom stereocenters. The molecule has 0 radical (unpaired) electrons. The minimum Gasteiger partial charge on any atom is -0.326 e. The Hall–Kier alpha value is -1.76. The second-order valence-corrected chi connectivity index (χ2v) is 9.55. The van der Waals surface area contributed by atoms with Gasteiger partial charge in [0.2, 0.25) is 15.9 Å². The van der Waals surface area contributed by atoms with Crippen LogP contribution in [0.4, 0.5) is 11.4 Å². The van der Waals surface area contributed by atoms with E-state index in [1.807, 2.05) is 24.3 Å². The molecule has 28 heavy (non-hydrogen) atoms. The number of benzene rings is 2. The molecule has 2 aromatic carbocycles. The van der Waals surface area contributed by atoms with Crippen molar-refractivity contribution in [2.75, 3.05) is 22.4 Å². The molecule has 5 nitrogen and oxygen atoms in total. The molecule has 0 aliphatic carbocycles. The zero-order chi connectivity index (χ0) is 20.9. The van der Waals surface area contributed by atoms with Crippen molar-refractivity contribution in [2.24, 2.45) is 0 Å². The Bertz CT molecular complexity index is 946. The van der Waals surface area contributed by atoms with Gasteiger partial charge in [-0.3, -0.25) is 9.10 Å². The highest BCUT2D eigenvalue weighted by Gasteiger charge is 2.19. The summed E-state index contributed by atoms with van der Waals surface area (Å²) in [6.45, 7) is 4.29. The molecule has 8 heteroatoms. The Morgan fingerprint density at radius 2 is 1.79 bits per heavy atom. The van der Waals surface area contributed by atoms with E-state index >= 15 is 0 Å². The summed E-state index contributed by atoms with van der Waals surface area (Å²) in [4.78, 5) is 12.3. The number of rotatable bonds is 8. The first-order valence-corrected chi connectivity index (χ1v) is 11.5. The number of halogens is 2. The van der Waals surface area contributed by atoms with Gasteiger partial charge in [-0.15, -0.1) is 0 Å². The van der Waals surface area contributed by atoms with Crippen LogP contribution in [-0.4, -0.2) is 27.1 Å². The minimum atomic E-state index is -3.52. The summed E-state index contributed by atoms with van der Waals surface area (Å²) < 4.78 is 25.6. The molecule has 0 heterocycles. The molecule has 2 rings (SSSR count). The predicted molar refractivity (Wildman–Crippen MR) is 117 cm³/mol. The molecule has 0 aliphatic heterocycles. The van der Waals surface area contributed by atoms with Crippen molar-refractivity contribution in [2.45, 2.75) is 32.6 Å². The molecular weight excluding hydrogens is 419 g/mol. The molecule has 0 saturated heterocycles. The summed E-state index contributed by atoms with van der Waals surface area (Å²) in [7, 11) is -3.52. The average molecular weight is 443 g/mol. The number of hydrogen-bond donors (Lipinski definition) is 1. The Labute approximate surface area is 176 Å². The first-order valence-electron chi connectivity index (χ1n) is 8.91. The van der Waals surface area contributed by atoms with Crippen LogP contribution < -0.4 is 9.62 Å². The lowest BCUT2D eigenvalue weighted by Gasteiger charge is -2.22. The van der Waals surface area contributed by atoms with Crippen molar-refractivity contribution in [3.05, 3.63) is 58.1 Å². The molecule has 1 N–H and O–H groups in total. The second kappa shape index (κ2) is 9.63. The first kappa shape index (κ1) is 22.5. The van der Waals surface area contributed by atoms with Gasteiger partial charge in [-0.05, 0) is 42.2 Å². The van der Waals surface area contributed by atoms with Gasteiger partial charge in [0.15, 0.2) is 0 Å². The van der Waals surface area contributed by atoms with Gasteiger partial charge in [0, 0.05) is 18.7 Å². The molecule has 0 aliphatic rings. The van der Waals surface area contributed by atoms with E-state index in [9.17, 15) is 13.2 Å². The van der Waals surface area contributed by atoms with Crippen molar-refractivity contribution in [3.8, 4) is 0 Å². The van der Waals surface area contributed by atoms with Gasteiger partial charge in [-0.1, -0.05) is 55.2 Å². The third-order valence-electron chi connectivity index (χ3n) is 4.21. The van der Waals surface area contributed by atoms with E-state index in [0.29, 0.717) is 17.1 Å². The normalized spacial score (nSPS) is 11.5. The monoisotopic (exact) mass is 442 g/mol. The van der Waals surface area contributed by atoms with Crippen LogP contribution in [0.1, 0.15) is 38.2 Å². The van der Waals surface area contributed by atoms with E-state index in [4.69, 9.17) is 23.2 Å². The van der Waals surface area contributed by atoms with Gasteiger partial charge in [0.05, 0.1) is 22.0 Å². The zero-order valence-corrected chi connectivity index (χ0v) is 18.4. The molecule has 1 amide bonds. The van der Waals surface area contributed by atoms with Crippen molar-refractivity contribution in [3.63, 3.8) is 0 Å². The summed E-state index contributed by atoms with van der Waals surface area (Å²) >= 11 is 11.9. The number of nitrogens with one attached hydrogen (secondary N) is 1. The van der Waals surface area contributed by atoms with Gasteiger partial charge in [0.1, 0.15) is 0 Å². The third kappa shape index (κ3) is 6.12. The maximum absolute atomic E-state index is 12.3. The number of nitrogens with zero attached hydrogens (tertiary/aromatic N) is 1. The van der Waals surface area contributed by atoms with E-state index in [1.165, 1.54) is 10.4 Å². The summed E-state index contributed by atoms with van der Waals surface area (Å²) in [5.41, 5.74) is 2.26. The maximum atomic E-state index is 12.3. The quantitative estimate of drug-likeness (QED) is 0.602. The molecule has 2 aromatic rings. The Morgan fingerprint density at radius 1 is 1.11 bits per heavy atom. The Kier molecular flexibility index (Phi) is 7.75. The molecule has 0 bridgehead atoms. The number of hydrogen-bond acceptors (Lipinski definition) is 3. The number of carbonyl (C=O) groups is 1. The number of amides is 1. The molecule has 152 valence electrons. The van der Waals surface area contributed by atoms with Crippen LogP contribution in [0.2, 0.25) is 10.0 Å². The van der Waals surface area contributed by atoms with E-state index in [2.05, 4.69) is 19.2 Å². The van der Waals surface area contributed by atoms with Crippen LogP contribution in [0.25, 0.3) is 0 Å². The predicted octanol–water partition coefficient (Wildman–Crippen LogP) is 5.30. The molecular formula is C20H24Cl2N2O3S.